The summed E-state index contributed by atoms with van der Waals surface area (Å²) in [6, 6.07) is 11.6. The van der Waals surface area contributed by atoms with E-state index in [1.807, 2.05) is 0 Å². The Morgan fingerprint density at radius 2 is 1.16 bits per heavy atom. The maximum Gasteiger partial charge on any atom is 0.255 e. The molecule has 2 atom stereocenters. The van der Waals surface area contributed by atoms with Gasteiger partial charge in [-0.05, 0) is 106 Å². The molecule has 17 heteroatoms. The fourth-order valence-electron chi connectivity index (χ4n) is 5.45. The number of nitrogens with two attached hydrogens (primary N) is 3. The summed E-state index contributed by atoms with van der Waals surface area (Å²) >= 11 is 0. The highest BCUT2D eigenvalue weighted by Crippen LogP contribution is 2.26. The SMILES string of the molecule is COc1ccc(N)cc1C(=O)NCC(=O)Nc1ccc(OC)c(C(=O)N[C@@H](CCCCN)C(=O)Nc2ccc(OC)c(C(=O)N[C@H](C=O)CCCCN)c2)c1. The van der Waals surface area contributed by atoms with E-state index in [-0.39, 0.29) is 51.7 Å². The number of aldehydes is 1. The van der Waals surface area contributed by atoms with E-state index in [1.165, 1.54) is 69.9 Å². The number of nitrogen functional groups attached to an aromatic ring is 1. The predicted molar refractivity (Wildman–Crippen MR) is 207 cm³/mol. The molecule has 0 aromatic heterocycles. The van der Waals surface area contributed by atoms with Crippen molar-refractivity contribution in [3.05, 3.63) is 71.3 Å². The maximum atomic E-state index is 13.7. The number of nitrogens with one attached hydrogen (secondary N) is 5. The largest absolute Gasteiger partial charge is 0.496 e. The lowest BCUT2D eigenvalue weighted by atomic mass is 10.1. The third kappa shape index (κ3) is 13.0. The van der Waals surface area contributed by atoms with E-state index in [0.717, 1.165) is 0 Å². The molecule has 0 aliphatic carbocycles. The molecule has 55 heavy (non-hydrogen) atoms. The lowest BCUT2D eigenvalue weighted by Crippen LogP contribution is -2.44. The van der Waals surface area contributed by atoms with Gasteiger partial charge in [0.1, 0.15) is 29.6 Å². The molecule has 0 heterocycles. The van der Waals surface area contributed by atoms with Crippen molar-refractivity contribution in [2.75, 3.05) is 57.3 Å². The summed E-state index contributed by atoms with van der Waals surface area (Å²) in [5, 5.41) is 13.3. The lowest BCUT2D eigenvalue weighted by molar-refractivity contribution is -0.118. The lowest BCUT2D eigenvalue weighted by Gasteiger charge is -2.20. The second-order valence-corrected chi connectivity index (χ2v) is 12.3. The van der Waals surface area contributed by atoms with Crippen LogP contribution in [0.5, 0.6) is 17.2 Å². The van der Waals surface area contributed by atoms with E-state index in [1.54, 1.807) is 6.07 Å². The summed E-state index contributed by atoms with van der Waals surface area (Å²) in [5.74, 6) is -2.33. The topological polar surface area (TPSA) is 268 Å². The summed E-state index contributed by atoms with van der Waals surface area (Å²) in [5.41, 5.74) is 18.1. The number of ether oxygens (including phenoxy) is 3. The molecule has 0 unspecified atom stereocenters. The number of hydrogen-bond acceptors (Lipinski definition) is 12. The fraction of sp³-hybridized carbons (Fsp3) is 0.368. The van der Waals surface area contributed by atoms with Crippen molar-refractivity contribution in [1.29, 1.82) is 0 Å². The van der Waals surface area contributed by atoms with Gasteiger partial charge in [-0.1, -0.05) is 0 Å². The average molecular weight is 763 g/mol. The minimum Gasteiger partial charge on any atom is -0.496 e. The number of carbonyl (C=O) groups is 6. The Labute approximate surface area is 319 Å². The first kappa shape index (κ1) is 43.2. The highest BCUT2D eigenvalue weighted by Gasteiger charge is 2.25. The number of methoxy groups -OCH3 is 3. The Bertz CT molecular complexity index is 1820. The zero-order valence-corrected chi connectivity index (χ0v) is 31.2. The van der Waals surface area contributed by atoms with Crippen molar-refractivity contribution in [3.8, 4) is 17.2 Å². The smallest absolute Gasteiger partial charge is 0.255 e. The van der Waals surface area contributed by atoms with Crippen LogP contribution in [0.1, 0.15) is 69.6 Å². The molecule has 296 valence electrons. The van der Waals surface area contributed by atoms with E-state index in [4.69, 9.17) is 31.4 Å². The first-order valence-electron chi connectivity index (χ1n) is 17.6. The minimum atomic E-state index is -1.05. The van der Waals surface area contributed by atoms with Gasteiger partial charge < -0.3 is 62.8 Å². The van der Waals surface area contributed by atoms with Gasteiger partial charge in [-0.15, -0.1) is 0 Å². The highest BCUT2D eigenvalue weighted by atomic mass is 16.5. The Balaban J connectivity index is 1.75. The molecule has 0 aliphatic rings. The summed E-state index contributed by atoms with van der Waals surface area (Å²) in [6.07, 6.45) is 3.72. The van der Waals surface area contributed by atoms with E-state index in [2.05, 4.69) is 26.6 Å². The minimum absolute atomic E-state index is 0.0186. The van der Waals surface area contributed by atoms with Crippen LogP contribution < -0.4 is 58.0 Å². The predicted octanol–water partition coefficient (Wildman–Crippen LogP) is 1.96. The number of hydrogen-bond donors (Lipinski definition) is 8. The molecule has 0 fully saturated rings. The molecule has 11 N–H and O–H groups in total. The van der Waals surface area contributed by atoms with Gasteiger partial charge in [0.2, 0.25) is 11.8 Å². The van der Waals surface area contributed by atoms with E-state index < -0.39 is 48.2 Å². The summed E-state index contributed by atoms with van der Waals surface area (Å²) in [7, 11) is 4.16. The second-order valence-electron chi connectivity index (χ2n) is 12.3. The maximum absolute atomic E-state index is 13.7. The molecule has 17 nitrogen and oxygen atoms in total. The van der Waals surface area contributed by atoms with Crippen molar-refractivity contribution in [2.24, 2.45) is 11.5 Å². The molecule has 0 saturated carbocycles. The second kappa shape index (κ2) is 22.1. The number of unbranched alkanes of at least 4 members (excludes halogenated alkanes) is 2. The van der Waals surface area contributed by atoms with Crippen LogP contribution in [0.25, 0.3) is 0 Å². The number of benzene rings is 3. The first-order valence-corrected chi connectivity index (χ1v) is 17.6. The van der Waals surface area contributed by atoms with Gasteiger partial charge in [0, 0.05) is 17.1 Å². The third-order valence-corrected chi connectivity index (χ3v) is 8.34. The Kier molecular flexibility index (Phi) is 17.4. The molecule has 0 aliphatic heterocycles. The number of amides is 5. The molecule has 3 aromatic carbocycles. The van der Waals surface area contributed by atoms with Gasteiger partial charge in [-0.25, -0.2) is 0 Å². The summed E-state index contributed by atoms with van der Waals surface area (Å²) in [6.45, 7) is 0.428. The molecular formula is C38H50N8O9. The molecule has 0 radical (unpaired) electrons. The zero-order valence-electron chi connectivity index (χ0n) is 31.2. The van der Waals surface area contributed by atoms with Crippen molar-refractivity contribution < 1.29 is 43.0 Å². The quantitative estimate of drug-likeness (QED) is 0.0415. The normalized spacial score (nSPS) is 11.7. The third-order valence-electron chi connectivity index (χ3n) is 8.34. The van der Waals surface area contributed by atoms with Gasteiger partial charge in [-0.2, -0.15) is 0 Å². The first-order chi connectivity index (χ1) is 26.5. The Morgan fingerprint density at radius 1 is 0.655 bits per heavy atom. The van der Waals surface area contributed by atoms with Crippen LogP contribution in [0, 0.1) is 0 Å². The average Bonchev–Trinajstić information content (AvgIpc) is 3.18. The number of rotatable bonds is 22. The van der Waals surface area contributed by atoms with E-state index in [0.29, 0.717) is 57.2 Å². The van der Waals surface area contributed by atoms with Crippen LogP contribution in [-0.2, 0) is 14.4 Å². The summed E-state index contributed by atoms with van der Waals surface area (Å²) < 4.78 is 15.9. The zero-order chi connectivity index (χ0) is 40.3. The van der Waals surface area contributed by atoms with Crippen molar-refractivity contribution in [2.45, 2.75) is 50.6 Å². The monoisotopic (exact) mass is 762 g/mol. The van der Waals surface area contributed by atoms with Crippen LogP contribution in [-0.4, -0.2) is 88.9 Å². The molecular weight excluding hydrogens is 712 g/mol. The Hall–Kier alpha value is -6.20. The molecule has 3 aromatic rings. The van der Waals surface area contributed by atoms with Gasteiger partial charge in [0.25, 0.3) is 17.7 Å². The van der Waals surface area contributed by atoms with Crippen molar-refractivity contribution in [3.63, 3.8) is 0 Å². The molecule has 0 saturated heterocycles. The molecule has 5 amide bonds. The number of anilines is 3. The van der Waals surface area contributed by atoms with Crippen LogP contribution in [0.15, 0.2) is 54.6 Å². The van der Waals surface area contributed by atoms with Crippen LogP contribution in [0.2, 0.25) is 0 Å². The number of carbonyl (C=O) groups excluding carboxylic acids is 6. The molecule has 0 bridgehead atoms. The van der Waals surface area contributed by atoms with Gasteiger partial charge in [0.15, 0.2) is 0 Å². The van der Waals surface area contributed by atoms with Crippen LogP contribution in [0.3, 0.4) is 0 Å². The summed E-state index contributed by atoms with van der Waals surface area (Å²) in [4.78, 5) is 77.6. The van der Waals surface area contributed by atoms with Crippen LogP contribution in [0.4, 0.5) is 17.1 Å². The fourth-order valence-corrected chi connectivity index (χ4v) is 5.45. The van der Waals surface area contributed by atoms with Gasteiger partial charge >= 0.3 is 0 Å². The Morgan fingerprint density at radius 3 is 1.71 bits per heavy atom. The highest BCUT2D eigenvalue weighted by molar-refractivity contribution is 6.05. The molecule has 0 spiro atoms. The van der Waals surface area contributed by atoms with Gasteiger partial charge in [-0.3, -0.25) is 24.0 Å². The van der Waals surface area contributed by atoms with Crippen LogP contribution >= 0.6 is 0 Å². The van der Waals surface area contributed by atoms with Gasteiger partial charge in [0.05, 0.1) is 50.6 Å². The van der Waals surface area contributed by atoms with Crippen molar-refractivity contribution in [1.82, 2.24) is 16.0 Å². The molecule has 3 rings (SSSR count). The van der Waals surface area contributed by atoms with E-state index >= 15 is 0 Å². The van der Waals surface area contributed by atoms with E-state index in [9.17, 15) is 28.8 Å². The van der Waals surface area contributed by atoms with Crippen molar-refractivity contribution >= 4 is 52.9 Å². The standard InChI is InChI=1S/C38H50N8O9/c1-53-31-13-10-23(41)18-27(31)35(49)42-21-34(48)43-24-11-14-33(55-3)29(19-24)37(51)46-30(9-5-7-17-40)38(52)44-25-12-15-32(54-2)28(20-25)36(50)45-26(22-47)8-4-6-16-39/h10-15,18-20,22,26,30H,4-9,16-17,21,39-41H2,1-3H3,(H,42,49)(H,43,48)(H,44,52)(H,45,50)(H,46,51)/t26-,30-/m0/s1.